The van der Waals surface area contributed by atoms with Crippen LogP contribution in [0.3, 0.4) is 0 Å². The highest BCUT2D eigenvalue weighted by Crippen LogP contribution is 2.35. The van der Waals surface area contributed by atoms with Crippen LogP contribution in [-0.2, 0) is 0 Å². The average Bonchev–Trinajstić information content (AvgIpc) is 2.47. The Kier molecular flexibility index (Phi) is 3.35. The Balaban J connectivity index is 2.43. The van der Waals surface area contributed by atoms with Gasteiger partial charge in [-0.25, -0.2) is 8.78 Å². The van der Waals surface area contributed by atoms with Crippen LogP contribution in [0.15, 0.2) is 42.6 Å². The van der Waals surface area contributed by atoms with Gasteiger partial charge in [0, 0.05) is 17.0 Å². The van der Waals surface area contributed by atoms with Crippen molar-refractivity contribution < 1.29 is 8.78 Å². The van der Waals surface area contributed by atoms with Crippen molar-refractivity contribution in [3.05, 3.63) is 59.8 Å². The van der Waals surface area contributed by atoms with Crippen molar-refractivity contribution in [1.29, 1.82) is 0 Å². The molecule has 0 aliphatic carbocycles. The van der Waals surface area contributed by atoms with Gasteiger partial charge in [-0.2, -0.15) is 5.10 Å². The number of fused-ring (bicyclic) bond motifs is 1. The first-order valence-corrected chi connectivity index (χ1v) is 6.53. The first-order valence-electron chi connectivity index (χ1n) is 6.53. The summed E-state index contributed by atoms with van der Waals surface area (Å²) < 4.78 is 27.7. The zero-order valence-corrected chi connectivity index (χ0v) is 11.3. The van der Waals surface area contributed by atoms with Crippen molar-refractivity contribution in [2.24, 2.45) is 5.73 Å². The van der Waals surface area contributed by atoms with Gasteiger partial charge in [0.05, 0.1) is 6.20 Å². The molecule has 3 aromatic rings. The highest BCUT2D eigenvalue weighted by atomic mass is 19.1. The van der Waals surface area contributed by atoms with Gasteiger partial charge in [0.1, 0.15) is 17.2 Å². The van der Waals surface area contributed by atoms with E-state index in [2.05, 4.69) is 10.2 Å². The summed E-state index contributed by atoms with van der Waals surface area (Å²) in [6, 6.07) is 8.60. The second-order valence-corrected chi connectivity index (χ2v) is 4.92. The van der Waals surface area contributed by atoms with Crippen LogP contribution in [-0.4, -0.2) is 10.2 Å². The van der Waals surface area contributed by atoms with E-state index in [-0.39, 0.29) is 5.82 Å². The molecule has 2 aromatic carbocycles. The third kappa shape index (κ3) is 2.36. The van der Waals surface area contributed by atoms with E-state index >= 15 is 0 Å². The highest BCUT2D eigenvalue weighted by Gasteiger charge is 2.18. The topological polar surface area (TPSA) is 51.8 Å². The Bertz CT molecular complexity index is 816. The van der Waals surface area contributed by atoms with Crippen molar-refractivity contribution in [2.75, 3.05) is 0 Å². The van der Waals surface area contributed by atoms with E-state index < -0.39 is 11.9 Å². The van der Waals surface area contributed by atoms with Crippen LogP contribution in [0, 0.1) is 11.6 Å². The SMILES string of the molecule is CC(N)c1cc(F)c2ccnnc2c1-c1cccc(F)c1. The summed E-state index contributed by atoms with van der Waals surface area (Å²) in [6.45, 7) is 1.75. The molecule has 0 spiro atoms. The molecular formula is C16H13F2N3. The number of hydrogen-bond donors (Lipinski definition) is 1. The molecule has 0 radical (unpaired) electrons. The summed E-state index contributed by atoms with van der Waals surface area (Å²) in [4.78, 5) is 0. The first kappa shape index (κ1) is 13.6. The number of hydrogen-bond acceptors (Lipinski definition) is 3. The van der Waals surface area contributed by atoms with Gasteiger partial charge in [0.2, 0.25) is 0 Å². The van der Waals surface area contributed by atoms with Gasteiger partial charge in [-0.15, -0.1) is 5.10 Å². The predicted molar refractivity (Wildman–Crippen MR) is 77.5 cm³/mol. The lowest BCUT2D eigenvalue weighted by Gasteiger charge is -2.15. The molecule has 1 atom stereocenters. The summed E-state index contributed by atoms with van der Waals surface area (Å²) in [6.07, 6.45) is 1.42. The summed E-state index contributed by atoms with van der Waals surface area (Å²) in [5.41, 5.74) is 8.12. The highest BCUT2D eigenvalue weighted by molar-refractivity contribution is 5.95. The maximum atomic E-state index is 14.2. The summed E-state index contributed by atoms with van der Waals surface area (Å²) in [5, 5.41) is 8.18. The molecule has 1 aromatic heterocycles. The molecular weight excluding hydrogens is 272 g/mol. The van der Waals surface area contributed by atoms with Crippen LogP contribution < -0.4 is 5.73 Å². The number of halogens is 2. The Morgan fingerprint density at radius 3 is 2.67 bits per heavy atom. The third-order valence-corrected chi connectivity index (χ3v) is 3.39. The fraction of sp³-hybridized carbons (Fsp3) is 0.125. The van der Waals surface area contributed by atoms with Crippen LogP contribution >= 0.6 is 0 Å². The lowest BCUT2D eigenvalue weighted by molar-refractivity contribution is 0.628. The number of rotatable bonds is 2. The molecule has 2 N–H and O–H groups in total. The van der Waals surface area contributed by atoms with E-state index in [1.54, 1.807) is 25.1 Å². The average molecular weight is 285 g/mol. The molecule has 0 bridgehead atoms. The van der Waals surface area contributed by atoms with Gasteiger partial charge in [-0.1, -0.05) is 12.1 Å². The number of nitrogens with two attached hydrogens (primary N) is 1. The van der Waals surface area contributed by atoms with E-state index in [1.165, 1.54) is 24.4 Å². The number of nitrogens with zero attached hydrogens (tertiary/aromatic N) is 2. The summed E-state index contributed by atoms with van der Waals surface area (Å²) >= 11 is 0. The largest absolute Gasteiger partial charge is 0.324 e. The normalized spacial score (nSPS) is 12.6. The predicted octanol–water partition coefficient (Wildman–Crippen LogP) is 3.59. The quantitative estimate of drug-likeness (QED) is 0.782. The van der Waals surface area contributed by atoms with Gasteiger partial charge in [0.25, 0.3) is 0 Å². The molecule has 0 aliphatic rings. The minimum absolute atomic E-state index is 0.341. The number of aromatic nitrogens is 2. The van der Waals surface area contributed by atoms with Crippen LogP contribution in [0.5, 0.6) is 0 Å². The zero-order valence-electron chi connectivity index (χ0n) is 11.3. The van der Waals surface area contributed by atoms with E-state index in [0.717, 1.165) is 0 Å². The minimum Gasteiger partial charge on any atom is -0.324 e. The van der Waals surface area contributed by atoms with Crippen LogP contribution in [0.4, 0.5) is 8.78 Å². The standard InChI is InChI=1S/C16H13F2N3/c1-9(19)13-8-14(18)12-5-6-20-21-16(12)15(13)10-3-2-4-11(17)7-10/h2-9H,19H2,1H3. The summed E-state index contributed by atoms with van der Waals surface area (Å²) in [5.74, 6) is -0.781. The van der Waals surface area contributed by atoms with Gasteiger partial charge in [0.15, 0.2) is 0 Å². The smallest absolute Gasteiger partial charge is 0.133 e. The Morgan fingerprint density at radius 2 is 1.95 bits per heavy atom. The molecule has 1 unspecified atom stereocenters. The van der Waals surface area contributed by atoms with Gasteiger partial charge >= 0.3 is 0 Å². The van der Waals surface area contributed by atoms with Gasteiger partial charge < -0.3 is 5.73 Å². The second kappa shape index (κ2) is 5.18. The molecule has 3 nitrogen and oxygen atoms in total. The van der Waals surface area contributed by atoms with Crippen molar-refractivity contribution in [3.8, 4) is 11.1 Å². The molecule has 0 saturated carbocycles. The van der Waals surface area contributed by atoms with E-state index in [0.29, 0.717) is 27.6 Å². The molecule has 0 amide bonds. The monoisotopic (exact) mass is 285 g/mol. The van der Waals surface area contributed by atoms with E-state index in [4.69, 9.17) is 5.73 Å². The van der Waals surface area contributed by atoms with E-state index in [9.17, 15) is 8.78 Å². The zero-order chi connectivity index (χ0) is 15.0. The second-order valence-electron chi connectivity index (χ2n) is 4.92. The first-order chi connectivity index (χ1) is 10.1. The molecule has 0 fully saturated rings. The fourth-order valence-corrected chi connectivity index (χ4v) is 2.44. The molecule has 1 heterocycles. The molecule has 21 heavy (non-hydrogen) atoms. The Morgan fingerprint density at radius 1 is 1.14 bits per heavy atom. The van der Waals surface area contributed by atoms with Gasteiger partial charge in [-0.05, 0) is 42.3 Å². The molecule has 3 rings (SSSR count). The van der Waals surface area contributed by atoms with Crippen LogP contribution in [0.25, 0.3) is 22.0 Å². The van der Waals surface area contributed by atoms with Crippen LogP contribution in [0.1, 0.15) is 18.5 Å². The van der Waals surface area contributed by atoms with E-state index in [1.807, 2.05) is 0 Å². The van der Waals surface area contributed by atoms with Gasteiger partial charge in [-0.3, -0.25) is 0 Å². The fourth-order valence-electron chi connectivity index (χ4n) is 2.44. The van der Waals surface area contributed by atoms with Crippen molar-refractivity contribution in [2.45, 2.75) is 13.0 Å². The van der Waals surface area contributed by atoms with Crippen molar-refractivity contribution in [1.82, 2.24) is 10.2 Å². The van der Waals surface area contributed by atoms with Crippen LogP contribution in [0.2, 0.25) is 0 Å². The lowest BCUT2D eigenvalue weighted by atomic mass is 9.93. The molecule has 5 heteroatoms. The molecule has 106 valence electrons. The maximum absolute atomic E-state index is 14.2. The number of benzene rings is 2. The Labute approximate surface area is 120 Å². The minimum atomic E-state index is -0.413. The van der Waals surface area contributed by atoms with Crippen molar-refractivity contribution in [3.63, 3.8) is 0 Å². The third-order valence-electron chi connectivity index (χ3n) is 3.39. The maximum Gasteiger partial charge on any atom is 0.133 e. The molecule has 0 saturated heterocycles. The lowest BCUT2D eigenvalue weighted by Crippen LogP contribution is -2.08. The van der Waals surface area contributed by atoms with Crippen molar-refractivity contribution >= 4 is 10.9 Å². The summed E-state index contributed by atoms with van der Waals surface area (Å²) in [7, 11) is 0. The Hall–Kier alpha value is -2.40. The molecule has 0 aliphatic heterocycles.